The van der Waals surface area contributed by atoms with Crippen LogP contribution < -0.4 is 10.2 Å². The van der Waals surface area contributed by atoms with Crippen molar-refractivity contribution < 1.29 is 9.53 Å². The molecule has 1 aliphatic rings. The van der Waals surface area contributed by atoms with Crippen LogP contribution in [0, 0.1) is 0 Å². The Kier molecular flexibility index (Phi) is 4.63. The summed E-state index contributed by atoms with van der Waals surface area (Å²) >= 11 is 0. The minimum atomic E-state index is -0.0280. The third-order valence-electron chi connectivity index (χ3n) is 4.99. The van der Waals surface area contributed by atoms with E-state index in [1.54, 1.807) is 7.11 Å². The molecule has 4 rings (SSSR count). The molecule has 1 saturated heterocycles. The fourth-order valence-electron chi connectivity index (χ4n) is 3.54. The lowest BCUT2D eigenvalue weighted by Crippen LogP contribution is -2.22. The molecule has 5 nitrogen and oxygen atoms in total. The number of fused-ring (bicyclic) bond motifs is 1. The molecule has 0 saturated carbocycles. The summed E-state index contributed by atoms with van der Waals surface area (Å²) in [6.07, 6.45) is 3.32. The molecule has 1 aliphatic heterocycles. The monoisotopic (exact) mass is 349 g/mol. The van der Waals surface area contributed by atoms with Gasteiger partial charge in [-0.15, -0.1) is 0 Å². The first-order valence-corrected chi connectivity index (χ1v) is 8.94. The first-order chi connectivity index (χ1) is 12.7. The molecule has 2 aromatic carbocycles. The fourth-order valence-corrected chi connectivity index (χ4v) is 3.54. The predicted molar refractivity (Wildman–Crippen MR) is 105 cm³/mol. The summed E-state index contributed by atoms with van der Waals surface area (Å²) in [6.45, 7) is 2.23. The van der Waals surface area contributed by atoms with Crippen LogP contribution in [0.2, 0.25) is 0 Å². The minimum absolute atomic E-state index is 0.0280. The highest BCUT2D eigenvalue weighted by Gasteiger charge is 2.22. The van der Waals surface area contributed by atoms with Gasteiger partial charge in [0, 0.05) is 43.3 Å². The number of nitrogens with zero attached hydrogens (tertiary/aromatic N) is 2. The highest BCUT2D eigenvalue weighted by molar-refractivity contribution is 5.92. The summed E-state index contributed by atoms with van der Waals surface area (Å²) in [7, 11) is 1.76. The van der Waals surface area contributed by atoms with E-state index in [2.05, 4.69) is 28.4 Å². The van der Waals surface area contributed by atoms with Crippen LogP contribution in [-0.4, -0.2) is 36.8 Å². The number of amides is 1. The van der Waals surface area contributed by atoms with E-state index < -0.39 is 0 Å². The molecular weight excluding hydrogens is 326 g/mol. The minimum Gasteiger partial charge on any atom is -0.380 e. The van der Waals surface area contributed by atoms with Crippen molar-refractivity contribution in [2.75, 3.05) is 30.4 Å². The third-order valence-corrected chi connectivity index (χ3v) is 4.99. The number of carbonyl (C=O) groups excluding carboxylic acids is 1. The molecule has 1 N–H and O–H groups in total. The SMILES string of the molecule is CO[C@@H]1CCN(c2ccc(NC(=O)Cn3ccc4ccccc43)cc2)C1. The number of benzene rings is 2. The zero-order valence-electron chi connectivity index (χ0n) is 14.9. The second kappa shape index (κ2) is 7.22. The number of rotatable bonds is 5. The second-order valence-corrected chi connectivity index (χ2v) is 6.69. The third kappa shape index (κ3) is 3.44. The largest absolute Gasteiger partial charge is 0.380 e. The Hall–Kier alpha value is -2.79. The van der Waals surface area contributed by atoms with Gasteiger partial charge in [-0.3, -0.25) is 4.79 Å². The molecule has 3 aromatic rings. The smallest absolute Gasteiger partial charge is 0.244 e. The topological polar surface area (TPSA) is 46.5 Å². The number of methoxy groups -OCH3 is 1. The molecule has 0 unspecified atom stereocenters. The molecule has 1 atom stereocenters. The maximum absolute atomic E-state index is 12.4. The first-order valence-electron chi connectivity index (χ1n) is 8.94. The van der Waals surface area contributed by atoms with Gasteiger partial charge in [0.15, 0.2) is 0 Å². The van der Waals surface area contributed by atoms with E-state index in [9.17, 15) is 4.79 Å². The van der Waals surface area contributed by atoms with E-state index in [0.29, 0.717) is 12.6 Å². The summed E-state index contributed by atoms with van der Waals surface area (Å²) < 4.78 is 7.39. The van der Waals surface area contributed by atoms with Gasteiger partial charge in [0.05, 0.1) is 6.10 Å². The maximum Gasteiger partial charge on any atom is 0.244 e. The van der Waals surface area contributed by atoms with E-state index in [-0.39, 0.29) is 5.91 Å². The van der Waals surface area contributed by atoms with E-state index in [0.717, 1.165) is 36.1 Å². The number of hydrogen-bond acceptors (Lipinski definition) is 3. The van der Waals surface area contributed by atoms with Crippen LogP contribution in [0.25, 0.3) is 10.9 Å². The van der Waals surface area contributed by atoms with Crippen LogP contribution in [0.3, 0.4) is 0 Å². The lowest BCUT2D eigenvalue weighted by Gasteiger charge is -2.18. The van der Waals surface area contributed by atoms with E-state index in [1.165, 1.54) is 5.69 Å². The zero-order chi connectivity index (χ0) is 17.9. The molecule has 0 radical (unpaired) electrons. The Bertz CT molecular complexity index is 901. The van der Waals surface area contributed by atoms with Crippen molar-refractivity contribution in [1.29, 1.82) is 0 Å². The molecule has 0 bridgehead atoms. The maximum atomic E-state index is 12.4. The van der Waals surface area contributed by atoms with Gasteiger partial charge in [-0.05, 0) is 48.2 Å². The average Bonchev–Trinajstić information content (AvgIpc) is 3.30. The standard InChI is InChI=1S/C21H23N3O2/c1-26-19-11-13-23(14-19)18-8-6-17(7-9-18)22-21(25)15-24-12-10-16-4-2-3-5-20(16)24/h2-10,12,19H,11,13-15H2,1H3,(H,22,25)/t19-/m1/s1. The fraction of sp³-hybridized carbons (Fsp3) is 0.286. The molecule has 1 amide bonds. The summed E-state index contributed by atoms with van der Waals surface area (Å²) in [4.78, 5) is 14.7. The van der Waals surface area contributed by atoms with Gasteiger partial charge in [0.2, 0.25) is 5.91 Å². The molecule has 134 valence electrons. The highest BCUT2D eigenvalue weighted by Crippen LogP contribution is 2.23. The molecule has 0 aliphatic carbocycles. The zero-order valence-corrected chi connectivity index (χ0v) is 14.9. The number of nitrogens with one attached hydrogen (secondary N) is 1. The Morgan fingerprint density at radius 2 is 1.96 bits per heavy atom. The summed E-state index contributed by atoms with van der Waals surface area (Å²) in [5.41, 5.74) is 3.05. The van der Waals surface area contributed by atoms with E-state index in [4.69, 9.17) is 4.74 Å². The molecule has 2 heterocycles. The molecule has 1 fully saturated rings. The van der Waals surface area contributed by atoms with Gasteiger partial charge < -0.3 is 19.5 Å². The van der Waals surface area contributed by atoms with Crippen LogP contribution in [0.4, 0.5) is 11.4 Å². The lowest BCUT2D eigenvalue weighted by atomic mass is 10.2. The van der Waals surface area contributed by atoms with Crippen molar-refractivity contribution in [2.45, 2.75) is 19.1 Å². The lowest BCUT2D eigenvalue weighted by molar-refractivity contribution is -0.116. The predicted octanol–water partition coefficient (Wildman–Crippen LogP) is 3.51. The van der Waals surface area contributed by atoms with Crippen LogP contribution in [0.15, 0.2) is 60.8 Å². The molecule has 26 heavy (non-hydrogen) atoms. The summed E-state index contributed by atoms with van der Waals surface area (Å²) in [5, 5.41) is 4.12. The van der Waals surface area contributed by atoms with Crippen LogP contribution in [0.1, 0.15) is 6.42 Å². The first kappa shape index (κ1) is 16.7. The number of aromatic nitrogens is 1. The van der Waals surface area contributed by atoms with Gasteiger partial charge in [0.25, 0.3) is 0 Å². The quantitative estimate of drug-likeness (QED) is 0.767. The number of hydrogen-bond donors (Lipinski definition) is 1. The van der Waals surface area contributed by atoms with Gasteiger partial charge >= 0.3 is 0 Å². The average molecular weight is 349 g/mol. The highest BCUT2D eigenvalue weighted by atomic mass is 16.5. The van der Waals surface area contributed by atoms with Crippen molar-refractivity contribution in [3.8, 4) is 0 Å². The van der Waals surface area contributed by atoms with Gasteiger partial charge in [-0.1, -0.05) is 18.2 Å². The number of carbonyl (C=O) groups is 1. The number of ether oxygens (including phenoxy) is 1. The Morgan fingerprint density at radius 3 is 2.73 bits per heavy atom. The Labute approximate surface area is 153 Å². The van der Waals surface area contributed by atoms with Gasteiger partial charge in [-0.2, -0.15) is 0 Å². The van der Waals surface area contributed by atoms with Crippen molar-refractivity contribution >= 4 is 28.2 Å². The Balaban J connectivity index is 1.39. The van der Waals surface area contributed by atoms with E-state index in [1.807, 2.05) is 47.2 Å². The summed E-state index contributed by atoms with van der Waals surface area (Å²) in [5.74, 6) is -0.0280. The second-order valence-electron chi connectivity index (χ2n) is 6.69. The van der Waals surface area contributed by atoms with Crippen LogP contribution in [0.5, 0.6) is 0 Å². The van der Waals surface area contributed by atoms with Crippen LogP contribution in [-0.2, 0) is 16.1 Å². The molecule has 5 heteroatoms. The van der Waals surface area contributed by atoms with Crippen molar-refractivity contribution in [3.05, 3.63) is 60.8 Å². The Morgan fingerprint density at radius 1 is 1.15 bits per heavy atom. The van der Waals surface area contributed by atoms with Gasteiger partial charge in [-0.25, -0.2) is 0 Å². The normalized spacial score (nSPS) is 17.0. The van der Waals surface area contributed by atoms with Crippen molar-refractivity contribution in [1.82, 2.24) is 4.57 Å². The summed E-state index contributed by atoms with van der Waals surface area (Å²) in [6, 6.07) is 18.1. The van der Waals surface area contributed by atoms with E-state index >= 15 is 0 Å². The van der Waals surface area contributed by atoms with Crippen molar-refractivity contribution in [2.24, 2.45) is 0 Å². The number of anilines is 2. The molecule has 0 spiro atoms. The van der Waals surface area contributed by atoms with Crippen molar-refractivity contribution in [3.63, 3.8) is 0 Å². The van der Waals surface area contributed by atoms with Crippen LogP contribution >= 0.6 is 0 Å². The van der Waals surface area contributed by atoms with Gasteiger partial charge in [0.1, 0.15) is 6.54 Å². The number of para-hydroxylation sites is 1. The molecular formula is C21H23N3O2. The molecule has 1 aromatic heterocycles.